The molecule has 0 spiro atoms. The van der Waals surface area contributed by atoms with Crippen molar-refractivity contribution >= 4 is 17.7 Å². The van der Waals surface area contributed by atoms with Crippen LogP contribution in [0, 0.1) is 10.1 Å². The summed E-state index contributed by atoms with van der Waals surface area (Å²) < 4.78 is 0. The smallest absolute Gasteiger partial charge is 0.276 e. The quantitative estimate of drug-likeness (QED) is 0.615. The lowest BCUT2D eigenvalue weighted by molar-refractivity contribution is -0.385. The zero-order valence-corrected chi connectivity index (χ0v) is 13.9. The lowest BCUT2D eigenvalue weighted by Gasteiger charge is -2.40. The molecule has 2 saturated heterocycles. The Labute approximate surface area is 141 Å². The van der Waals surface area contributed by atoms with E-state index >= 15 is 0 Å². The monoisotopic (exact) mass is 329 g/mol. The van der Waals surface area contributed by atoms with Crippen molar-refractivity contribution in [2.24, 2.45) is 0 Å². The molecule has 0 saturated carbocycles. The van der Waals surface area contributed by atoms with Crippen LogP contribution in [0.3, 0.4) is 0 Å². The first kappa shape index (κ1) is 16.6. The molecule has 24 heavy (non-hydrogen) atoms. The standard InChI is InChI=1S/C18H23N3O3/c1-2-18(22)20-15-9-10-16(20)13-19(12-15)11-5-7-14-6-3-4-8-17(14)21(23)24/h3-8,15-16H,2,9-13H2,1H3/b7-5+. The molecule has 2 unspecified atom stereocenters. The highest BCUT2D eigenvalue weighted by molar-refractivity contribution is 5.77. The molecule has 2 fully saturated rings. The molecule has 1 aromatic rings. The zero-order valence-electron chi connectivity index (χ0n) is 13.9. The van der Waals surface area contributed by atoms with Gasteiger partial charge >= 0.3 is 0 Å². The predicted molar refractivity (Wildman–Crippen MR) is 92.5 cm³/mol. The largest absolute Gasteiger partial charge is 0.334 e. The van der Waals surface area contributed by atoms with Crippen LogP contribution in [0.2, 0.25) is 0 Å². The third-order valence-corrected chi connectivity index (χ3v) is 4.94. The van der Waals surface area contributed by atoms with Gasteiger partial charge in [0.15, 0.2) is 0 Å². The number of hydrogen-bond donors (Lipinski definition) is 0. The van der Waals surface area contributed by atoms with Gasteiger partial charge in [0.2, 0.25) is 5.91 Å². The van der Waals surface area contributed by atoms with Gasteiger partial charge in [-0.1, -0.05) is 31.2 Å². The van der Waals surface area contributed by atoms with E-state index in [4.69, 9.17) is 0 Å². The van der Waals surface area contributed by atoms with Crippen LogP contribution >= 0.6 is 0 Å². The van der Waals surface area contributed by atoms with Gasteiger partial charge in [-0.05, 0) is 18.9 Å². The maximum Gasteiger partial charge on any atom is 0.276 e. The highest BCUT2D eigenvalue weighted by atomic mass is 16.6. The van der Waals surface area contributed by atoms with Gasteiger partial charge in [0, 0.05) is 44.2 Å². The van der Waals surface area contributed by atoms with Crippen LogP contribution in [0.1, 0.15) is 31.7 Å². The van der Waals surface area contributed by atoms with E-state index in [2.05, 4.69) is 9.80 Å². The number of para-hydroxylation sites is 1. The average molecular weight is 329 g/mol. The maximum absolute atomic E-state index is 12.1. The predicted octanol–water partition coefficient (Wildman–Crippen LogP) is 2.69. The van der Waals surface area contributed by atoms with Crippen LogP contribution in [0.5, 0.6) is 0 Å². The fraction of sp³-hybridized carbons (Fsp3) is 0.500. The second-order valence-electron chi connectivity index (χ2n) is 6.48. The summed E-state index contributed by atoms with van der Waals surface area (Å²) in [6.45, 7) is 4.46. The average Bonchev–Trinajstić information content (AvgIpc) is 2.85. The first-order valence-corrected chi connectivity index (χ1v) is 8.53. The number of nitrogens with zero attached hydrogens (tertiary/aromatic N) is 3. The molecular formula is C18H23N3O3. The SMILES string of the molecule is CCC(=O)N1C2CCC1CN(C/C=C/c1ccccc1[N+](=O)[O-])C2. The Morgan fingerprint density at radius 3 is 2.58 bits per heavy atom. The number of rotatable bonds is 5. The molecule has 0 N–H and O–H groups in total. The van der Waals surface area contributed by atoms with Crippen LogP contribution in [-0.4, -0.2) is 52.3 Å². The number of nitro benzene ring substituents is 1. The Kier molecular flexibility index (Phi) is 4.94. The van der Waals surface area contributed by atoms with Gasteiger partial charge in [0.05, 0.1) is 10.5 Å². The van der Waals surface area contributed by atoms with E-state index < -0.39 is 0 Å². The molecule has 1 aromatic carbocycles. The number of hydrogen-bond acceptors (Lipinski definition) is 4. The summed E-state index contributed by atoms with van der Waals surface area (Å²) in [6.07, 6.45) is 6.55. The number of likely N-dealkylation sites (tertiary alicyclic amines) is 1. The van der Waals surface area contributed by atoms with Crippen molar-refractivity contribution in [1.29, 1.82) is 0 Å². The Balaban J connectivity index is 1.61. The highest BCUT2D eigenvalue weighted by Gasteiger charge is 2.41. The van der Waals surface area contributed by atoms with Crippen molar-refractivity contribution in [2.75, 3.05) is 19.6 Å². The van der Waals surface area contributed by atoms with Crippen molar-refractivity contribution in [3.8, 4) is 0 Å². The lowest BCUT2D eigenvalue weighted by atomic mass is 10.1. The summed E-state index contributed by atoms with van der Waals surface area (Å²) in [5, 5.41) is 11.0. The molecule has 2 aliphatic rings. The van der Waals surface area contributed by atoms with E-state index in [1.807, 2.05) is 25.1 Å². The summed E-state index contributed by atoms with van der Waals surface area (Å²) in [5.74, 6) is 0.262. The molecule has 0 aromatic heterocycles. The number of carbonyl (C=O) groups is 1. The van der Waals surface area contributed by atoms with Crippen molar-refractivity contribution in [2.45, 2.75) is 38.3 Å². The third-order valence-electron chi connectivity index (χ3n) is 4.94. The molecule has 0 aliphatic carbocycles. The molecule has 6 heteroatoms. The molecular weight excluding hydrogens is 306 g/mol. The number of fused-ring (bicyclic) bond motifs is 2. The van der Waals surface area contributed by atoms with Crippen LogP contribution in [0.15, 0.2) is 30.3 Å². The molecule has 2 heterocycles. The van der Waals surface area contributed by atoms with E-state index in [1.165, 1.54) is 6.07 Å². The summed E-state index contributed by atoms with van der Waals surface area (Å²) >= 11 is 0. The molecule has 2 bridgehead atoms. The molecule has 6 nitrogen and oxygen atoms in total. The lowest BCUT2D eigenvalue weighted by Crippen LogP contribution is -2.55. The minimum atomic E-state index is -0.352. The second kappa shape index (κ2) is 7.13. The van der Waals surface area contributed by atoms with E-state index in [0.717, 1.165) is 32.5 Å². The van der Waals surface area contributed by atoms with Gasteiger partial charge in [-0.25, -0.2) is 0 Å². The molecule has 2 aliphatic heterocycles. The van der Waals surface area contributed by atoms with Crippen LogP contribution in [-0.2, 0) is 4.79 Å². The summed E-state index contributed by atoms with van der Waals surface area (Å²) in [5.41, 5.74) is 0.762. The molecule has 1 amide bonds. The molecule has 0 radical (unpaired) electrons. The van der Waals surface area contributed by atoms with Gasteiger partial charge in [0.25, 0.3) is 5.69 Å². The Morgan fingerprint density at radius 2 is 1.96 bits per heavy atom. The number of amides is 1. The molecule has 2 atom stereocenters. The second-order valence-corrected chi connectivity index (χ2v) is 6.48. The first-order chi connectivity index (χ1) is 11.6. The Hall–Kier alpha value is -2.21. The van der Waals surface area contributed by atoms with E-state index in [9.17, 15) is 14.9 Å². The third kappa shape index (κ3) is 3.33. The summed E-state index contributed by atoms with van der Waals surface area (Å²) in [7, 11) is 0. The normalized spacial score (nSPS) is 23.8. The number of benzene rings is 1. The van der Waals surface area contributed by atoms with Crippen LogP contribution in [0.4, 0.5) is 5.69 Å². The highest BCUT2D eigenvalue weighted by Crippen LogP contribution is 2.30. The zero-order chi connectivity index (χ0) is 17.1. The number of nitro groups is 1. The fourth-order valence-corrected chi connectivity index (χ4v) is 3.85. The van der Waals surface area contributed by atoms with Crippen molar-refractivity contribution in [1.82, 2.24) is 9.80 Å². The van der Waals surface area contributed by atoms with Crippen molar-refractivity contribution in [3.63, 3.8) is 0 Å². The van der Waals surface area contributed by atoms with Crippen LogP contribution in [0.25, 0.3) is 6.08 Å². The van der Waals surface area contributed by atoms with E-state index in [-0.39, 0.29) is 16.5 Å². The van der Waals surface area contributed by atoms with E-state index in [1.54, 1.807) is 12.1 Å². The van der Waals surface area contributed by atoms with Crippen molar-refractivity contribution in [3.05, 3.63) is 46.0 Å². The van der Waals surface area contributed by atoms with Gasteiger partial charge < -0.3 is 4.90 Å². The molecule has 128 valence electrons. The van der Waals surface area contributed by atoms with Gasteiger partial charge in [0.1, 0.15) is 0 Å². The minimum Gasteiger partial charge on any atom is -0.334 e. The van der Waals surface area contributed by atoms with Gasteiger partial charge in [-0.15, -0.1) is 0 Å². The minimum absolute atomic E-state index is 0.132. The van der Waals surface area contributed by atoms with E-state index in [0.29, 0.717) is 24.1 Å². The number of piperazine rings is 1. The Bertz CT molecular complexity index is 645. The Morgan fingerprint density at radius 1 is 1.29 bits per heavy atom. The van der Waals surface area contributed by atoms with Gasteiger partial charge in [-0.2, -0.15) is 0 Å². The topological polar surface area (TPSA) is 66.7 Å². The molecule has 3 rings (SSSR count). The summed E-state index contributed by atoms with van der Waals surface area (Å²) in [6, 6.07) is 7.43. The van der Waals surface area contributed by atoms with Crippen LogP contribution < -0.4 is 0 Å². The maximum atomic E-state index is 12.1. The van der Waals surface area contributed by atoms with Gasteiger partial charge in [-0.3, -0.25) is 19.8 Å². The van der Waals surface area contributed by atoms with Crippen molar-refractivity contribution < 1.29 is 9.72 Å². The first-order valence-electron chi connectivity index (χ1n) is 8.53. The fourth-order valence-electron chi connectivity index (χ4n) is 3.85. The number of carbonyl (C=O) groups excluding carboxylic acids is 1. The summed E-state index contributed by atoms with van der Waals surface area (Å²) in [4.78, 5) is 27.2.